The molecule has 1 aromatic carbocycles. The summed E-state index contributed by atoms with van der Waals surface area (Å²) < 4.78 is 80.7. The number of halogens is 3. The Hall–Kier alpha value is -3.59. The summed E-state index contributed by atoms with van der Waals surface area (Å²) in [5.41, 5.74) is -0.657. The lowest BCUT2D eigenvalue weighted by Gasteiger charge is -2.23. The molecule has 2 N–H and O–H groups in total. The predicted molar refractivity (Wildman–Crippen MR) is 116 cm³/mol. The minimum atomic E-state index is -4.23. The number of hydrogen-bond donors (Lipinski definition) is 2. The number of nitrogens with one attached hydrogen (secondary N) is 2. The normalized spacial score (nSPS) is 20.4. The number of likely N-dealkylation sites (tertiary alicyclic amines) is 1. The summed E-state index contributed by atoms with van der Waals surface area (Å²) in [6, 6.07) is 0.450. The highest BCUT2D eigenvalue weighted by Crippen LogP contribution is 2.34. The van der Waals surface area contributed by atoms with E-state index in [1.807, 2.05) is 0 Å². The van der Waals surface area contributed by atoms with Crippen molar-refractivity contribution in [3.8, 4) is 5.75 Å². The quantitative estimate of drug-likeness (QED) is 0.440. The third-order valence-corrected chi connectivity index (χ3v) is 7.27. The maximum absolute atomic E-state index is 13.6. The lowest BCUT2D eigenvalue weighted by atomic mass is 10.1. The minimum absolute atomic E-state index is 0.0184. The number of nitrogens with zero attached hydrogens (tertiary/aromatic N) is 2. The van der Waals surface area contributed by atoms with E-state index in [1.54, 1.807) is 0 Å². The Morgan fingerprint density at radius 3 is 2.50 bits per heavy atom. The fraction of sp³-hybridized carbons (Fsp3) is 0.381. The molecule has 194 valence electrons. The van der Waals surface area contributed by atoms with Gasteiger partial charge in [0.2, 0.25) is 10.0 Å². The molecule has 1 aromatic heterocycles. The molecule has 0 unspecified atom stereocenters. The van der Waals surface area contributed by atoms with Gasteiger partial charge in [-0.05, 0) is 0 Å². The summed E-state index contributed by atoms with van der Waals surface area (Å²) in [4.78, 5) is 37.2. The molecule has 2 aromatic rings. The number of carbonyl (C=O) groups excluding carboxylic acids is 3. The van der Waals surface area contributed by atoms with Crippen molar-refractivity contribution in [2.75, 3.05) is 31.6 Å². The van der Waals surface area contributed by atoms with Gasteiger partial charge in [-0.1, -0.05) is 0 Å². The Labute approximate surface area is 203 Å². The Kier molecular flexibility index (Phi) is 6.70. The molecular formula is C21H21F3N4O7S. The maximum Gasteiger partial charge on any atom is 0.303 e. The number of sulfonamides is 1. The SMILES string of the molecule is CC(=O)OCC(=O)N1C[C@@H]2COc3c(cn(C)c3C(=O)Nc3cc(F)c(F)c(F)c3)S(=O)(=O)N[C@@H]2C1. The van der Waals surface area contributed by atoms with Crippen LogP contribution in [-0.4, -0.2) is 68.0 Å². The van der Waals surface area contributed by atoms with E-state index in [2.05, 4.69) is 10.0 Å². The first-order valence-corrected chi connectivity index (χ1v) is 12.1. The minimum Gasteiger partial charge on any atom is -0.489 e. The topological polar surface area (TPSA) is 136 Å². The van der Waals surface area contributed by atoms with Crippen molar-refractivity contribution in [3.63, 3.8) is 0 Å². The van der Waals surface area contributed by atoms with Gasteiger partial charge in [-0.2, -0.15) is 0 Å². The number of rotatable bonds is 4. The third-order valence-electron chi connectivity index (χ3n) is 5.79. The van der Waals surface area contributed by atoms with Gasteiger partial charge in [-0.15, -0.1) is 0 Å². The molecule has 2 atom stereocenters. The highest BCUT2D eigenvalue weighted by Gasteiger charge is 2.42. The number of anilines is 1. The van der Waals surface area contributed by atoms with Crippen LogP contribution in [0, 0.1) is 23.4 Å². The summed E-state index contributed by atoms with van der Waals surface area (Å²) in [6.45, 7) is 0.705. The fourth-order valence-electron chi connectivity index (χ4n) is 4.07. The molecule has 4 rings (SSSR count). The Balaban J connectivity index is 1.59. The van der Waals surface area contributed by atoms with Crippen molar-refractivity contribution in [1.29, 1.82) is 0 Å². The molecule has 2 aliphatic heterocycles. The molecule has 1 saturated heterocycles. The number of aromatic nitrogens is 1. The van der Waals surface area contributed by atoms with E-state index in [9.17, 15) is 36.0 Å². The van der Waals surface area contributed by atoms with Crippen molar-refractivity contribution in [2.24, 2.45) is 13.0 Å². The van der Waals surface area contributed by atoms with Crippen LogP contribution >= 0.6 is 0 Å². The van der Waals surface area contributed by atoms with Crippen molar-refractivity contribution < 1.29 is 45.4 Å². The van der Waals surface area contributed by atoms with E-state index >= 15 is 0 Å². The number of esters is 1. The van der Waals surface area contributed by atoms with E-state index in [1.165, 1.54) is 16.5 Å². The van der Waals surface area contributed by atoms with Crippen LogP contribution in [0.1, 0.15) is 17.4 Å². The number of ether oxygens (including phenoxy) is 2. The smallest absolute Gasteiger partial charge is 0.303 e. The van der Waals surface area contributed by atoms with E-state index in [0.717, 1.165) is 13.1 Å². The number of hydrogen-bond acceptors (Lipinski definition) is 7. The second-order valence-corrected chi connectivity index (χ2v) is 10.1. The van der Waals surface area contributed by atoms with Crippen LogP contribution in [0.2, 0.25) is 0 Å². The van der Waals surface area contributed by atoms with Crippen molar-refractivity contribution in [3.05, 3.63) is 41.5 Å². The molecule has 2 aliphatic rings. The van der Waals surface area contributed by atoms with E-state index in [0.29, 0.717) is 12.1 Å². The highest BCUT2D eigenvalue weighted by atomic mass is 32.2. The van der Waals surface area contributed by atoms with Crippen LogP contribution < -0.4 is 14.8 Å². The van der Waals surface area contributed by atoms with Crippen LogP contribution in [0.15, 0.2) is 23.2 Å². The number of amides is 2. The molecule has 1 fully saturated rings. The van der Waals surface area contributed by atoms with Gasteiger partial charge >= 0.3 is 5.97 Å². The summed E-state index contributed by atoms with van der Waals surface area (Å²) in [5.74, 6) is -7.63. The van der Waals surface area contributed by atoms with Gasteiger partial charge in [0.05, 0.1) is 6.61 Å². The molecule has 11 nitrogen and oxygen atoms in total. The van der Waals surface area contributed by atoms with Crippen molar-refractivity contribution in [2.45, 2.75) is 17.9 Å². The second-order valence-electron chi connectivity index (χ2n) is 8.37. The number of carbonyl (C=O) groups is 3. The number of benzene rings is 1. The van der Waals surface area contributed by atoms with E-state index < -0.39 is 69.5 Å². The van der Waals surface area contributed by atoms with Gasteiger partial charge in [0.15, 0.2) is 35.5 Å². The van der Waals surface area contributed by atoms with Gasteiger partial charge in [-0.25, -0.2) is 26.3 Å². The van der Waals surface area contributed by atoms with Gasteiger partial charge in [0.1, 0.15) is 4.90 Å². The Morgan fingerprint density at radius 1 is 1.19 bits per heavy atom. The van der Waals surface area contributed by atoms with Gasteiger partial charge in [-0.3, -0.25) is 14.4 Å². The number of aryl methyl sites for hydroxylation is 1. The largest absolute Gasteiger partial charge is 0.489 e. The molecule has 2 amide bonds. The summed E-state index contributed by atoms with van der Waals surface area (Å²) >= 11 is 0. The van der Waals surface area contributed by atoms with Crippen LogP contribution in [0.3, 0.4) is 0 Å². The predicted octanol–water partition coefficient (Wildman–Crippen LogP) is 0.755. The summed E-state index contributed by atoms with van der Waals surface area (Å²) in [5, 5.41) is 2.20. The highest BCUT2D eigenvalue weighted by molar-refractivity contribution is 7.89. The molecule has 0 saturated carbocycles. The maximum atomic E-state index is 13.6. The monoisotopic (exact) mass is 530 g/mol. The van der Waals surface area contributed by atoms with Gasteiger partial charge < -0.3 is 24.3 Å². The van der Waals surface area contributed by atoms with Crippen LogP contribution in [0.25, 0.3) is 0 Å². The first-order valence-electron chi connectivity index (χ1n) is 10.6. The molecule has 0 spiro atoms. The molecule has 0 aliphatic carbocycles. The molecule has 0 radical (unpaired) electrons. The number of fused-ring (bicyclic) bond motifs is 2. The molecular weight excluding hydrogens is 509 g/mol. The van der Waals surface area contributed by atoms with E-state index in [-0.39, 0.29) is 36.0 Å². The Bertz CT molecular complexity index is 1340. The van der Waals surface area contributed by atoms with Crippen LogP contribution in [-0.2, 0) is 31.4 Å². The summed E-state index contributed by atoms with van der Waals surface area (Å²) in [6.07, 6.45) is 1.14. The molecule has 0 bridgehead atoms. The zero-order valence-electron chi connectivity index (χ0n) is 19.0. The van der Waals surface area contributed by atoms with Crippen molar-refractivity contribution in [1.82, 2.24) is 14.2 Å². The first-order chi connectivity index (χ1) is 16.9. The molecule has 3 heterocycles. The summed E-state index contributed by atoms with van der Waals surface area (Å²) in [7, 11) is -2.85. The zero-order valence-corrected chi connectivity index (χ0v) is 19.8. The van der Waals surface area contributed by atoms with Gasteiger partial charge in [0, 0.05) is 63.0 Å². The average molecular weight is 530 g/mol. The fourth-order valence-corrected chi connectivity index (χ4v) is 5.56. The second kappa shape index (κ2) is 9.46. The van der Waals surface area contributed by atoms with Crippen LogP contribution in [0.4, 0.5) is 18.9 Å². The molecule has 15 heteroatoms. The van der Waals surface area contributed by atoms with E-state index in [4.69, 9.17) is 9.47 Å². The lowest BCUT2D eigenvalue weighted by Crippen LogP contribution is -2.44. The molecule has 36 heavy (non-hydrogen) atoms. The third kappa shape index (κ3) is 4.88. The Morgan fingerprint density at radius 2 is 1.86 bits per heavy atom. The average Bonchev–Trinajstić information content (AvgIpc) is 3.33. The standard InChI is InChI=1S/C21H21F3N4O7S/c1-10(29)34-9-17(30)28-5-11-8-35-20-16(36(32,33)26-15(11)6-28)7-27(2)19(20)21(31)25-12-3-13(22)18(24)14(23)4-12/h3-4,7,11,15,26H,5-6,8-9H2,1-2H3,(H,25,31)/t11-,15-/m1/s1. The van der Waals surface area contributed by atoms with Crippen molar-refractivity contribution >= 4 is 33.5 Å². The van der Waals surface area contributed by atoms with Gasteiger partial charge in [0.25, 0.3) is 11.8 Å². The zero-order chi connectivity index (χ0) is 26.4. The lowest BCUT2D eigenvalue weighted by molar-refractivity contribution is -0.149. The van der Waals surface area contributed by atoms with Crippen LogP contribution in [0.5, 0.6) is 5.75 Å². The first kappa shape index (κ1) is 25.5.